The van der Waals surface area contributed by atoms with Gasteiger partial charge in [0.25, 0.3) is 10.1 Å². The second-order valence-corrected chi connectivity index (χ2v) is 7.98. The summed E-state index contributed by atoms with van der Waals surface area (Å²) >= 11 is 0. The Hall–Kier alpha value is -1.70. The van der Waals surface area contributed by atoms with Crippen molar-refractivity contribution in [3.8, 4) is 0 Å². The highest BCUT2D eigenvalue weighted by Crippen LogP contribution is 2.16. The first-order valence-electron chi connectivity index (χ1n) is 6.05. The highest BCUT2D eigenvalue weighted by Gasteiger charge is 2.21. The first-order valence-corrected chi connectivity index (χ1v) is 9.11. The lowest BCUT2D eigenvalue weighted by Crippen LogP contribution is -2.15. The second kappa shape index (κ2) is 5.97. The van der Waals surface area contributed by atoms with Gasteiger partial charge in [-0.1, -0.05) is 35.9 Å². The molecule has 0 aromatic heterocycles. The molecule has 2 aromatic carbocycles. The van der Waals surface area contributed by atoms with Gasteiger partial charge in [0.05, 0.1) is 9.79 Å². The molecule has 0 aliphatic carbocycles. The van der Waals surface area contributed by atoms with Gasteiger partial charge in [0, 0.05) is 0 Å². The van der Waals surface area contributed by atoms with E-state index < -0.39 is 25.9 Å². The summed E-state index contributed by atoms with van der Waals surface area (Å²) in [5, 5.41) is 0. The Morgan fingerprint density at radius 1 is 0.810 bits per heavy atom. The molecule has 0 heterocycles. The van der Waals surface area contributed by atoms with Gasteiger partial charge in [-0.2, -0.15) is 8.42 Å². The molecule has 0 saturated carbocycles. The van der Waals surface area contributed by atoms with Crippen molar-refractivity contribution in [3.05, 3.63) is 60.2 Å². The van der Waals surface area contributed by atoms with E-state index in [1.165, 1.54) is 24.3 Å². The number of hydrogen-bond acceptors (Lipinski definition) is 5. The third kappa shape index (κ3) is 3.90. The topological polar surface area (TPSA) is 77.5 Å². The molecule has 5 nitrogen and oxygen atoms in total. The van der Waals surface area contributed by atoms with Gasteiger partial charge in [-0.3, -0.25) is 0 Å². The Bertz CT molecular complexity index is 807. The lowest BCUT2D eigenvalue weighted by molar-refractivity contribution is 0.368. The van der Waals surface area contributed by atoms with Gasteiger partial charge in [-0.25, -0.2) is 12.6 Å². The molecule has 0 aliphatic heterocycles. The van der Waals surface area contributed by atoms with Crippen LogP contribution in [0.15, 0.2) is 64.4 Å². The van der Waals surface area contributed by atoms with E-state index in [1.54, 1.807) is 30.3 Å². The summed E-state index contributed by atoms with van der Waals surface area (Å²) in [7, 11) is -7.91. The van der Waals surface area contributed by atoms with Crippen molar-refractivity contribution in [3.63, 3.8) is 0 Å². The van der Waals surface area contributed by atoms with Gasteiger partial charge < -0.3 is 0 Å². The van der Waals surface area contributed by atoms with E-state index in [-0.39, 0.29) is 9.79 Å². The molecule has 0 aliphatic rings. The highest BCUT2D eigenvalue weighted by atomic mass is 32.2. The van der Waals surface area contributed by atoms with Crippen molar-refractivity contribution >= 4 is 20.0 Å². The average molecular weight is 326 g/mol. The van der Waals surface area contributed by atoms with E-state index in [0.717, 1.165) is 5.56 Å². The van der Waals surface area contributed by atoms with E-state index in [9.17, 15) is 16.8 Å². The summed E-state index contributed by atoms with van der Waals surface area (Å²) in [6, 6.07) is 13.5. The van der Waals surface area contributed by atoms with Crippen molar-refractivity contribution in [1.82, 2.24) is 0 Å². The summed E-state index contributed by atoms with van der Waals surface area (Å²) < 4.78 is 52.5. The quantitative estimate of drug-likeness (QED) is 0.787. The van der Waals surface area contributed by atoms with Crippen LogP contribution in [-0.4, -0.2) is 22.8 Å². The molecular formula is C14H14O5S2. The Morgan fingerprint density at radius 2 is 1.38 bits per heavy atom. The molecule has 0 bridgehead atoms. The zero-order valence-electron chi connectivity index (χ0n) is 11.3. The van der Waals surface area contributed by atoms with Crippen LogP contribution in [0.3, 0.4) is 0 Å². The van der Waals surface area contributed by atoms with E-state index in [2.05, 4.69) is 4.18 Å². The lowest BCUT2D eigenvalue weighted by Gasteiger charge is -2.07. The molecule has 0 saturated heterocycles. The van der Waals surface area contributed by atoms with Crippen LogP contribution >= 0.6 is 0 Å². The standard InChI is InChI=1S/C14H14O5S2/c1-12-7-9-14(10-8-12)21(17,18)19-11-20(15,16)13-5-3-2-4-6-13/h2-10H,11H2,1H3. The van der Waals surface area contributed by atoms with Crippen LogP contribution in [0, 0.1) is 6.92 Å². The summed E-state index contributed by atoms with van der Waals surface area (Å²) in [6.45, 7) is 1.82. The molecule has 0 atom stereocenters. The third-order valence-corrected chi connectivity index (χ3v) is 5.62. The molecule has 7 heteroatoms. The van der Waals surface area contributed by atoms with Crippen LogP contribution in [0.1, 0.15) is 5.56 Å². The van der Waals surface area contributed by atoms with Gasteiger partial charge in [0.2, 0.25) is 9.84 Å². The fourth-order valence-electron chi connectivity index (χ4n) is 1.60. The summed E-state index contributed by atoms with van der Waals surface area (Å²) in [5.74, 6) is -0.923. The first kappa shape index (κ1) is 15.7. The van der Waals surface area contributed by atoms with Crippen molar-refractivity contribution in [2.75, 3.05) is 5.94 Å². The predicted molar refractivity (Wildman–Crippen MR) is 77.9 cm³/mol. The fourth-order valence-corrected chi connectivity index (χ4v) is 3.92. The molecular weight excluding hydrogens is 312 g/mol. The number of aryl methyl sites for hydroxylation is 1. The monoisotopic (exact) mass is 326 g/mol. The Morgan fingerprint density at radius 3 is 1.95 bits per heavy atom. The van der Waals surface area contributed by atoms with Gasteiger partial charge in [0.1, 0.15) is 0 Å². The van der Waals surface area contributed by atoms with E-state index in [0.29, 0.717) is 0 Å². The number of benzene rings is 2. The molecule has 0 spiro atoms. The Kier molecular flexibility index (Phi) is 4.46. The maximum atomic E-state index is 12.0. The maximum absolute atomic E-state index is 12.0. The van der Waals surface area contributed by atoms with Crippen LogP contribution in [0.4, 0.5) is 0 Å². The maximum Gasteiger partial charge on any atom is 0.297 e. The molecule has 2 aromatic rings. The molecule has 0 fully saturated rings. The molecule has 0 N–H and O–H groups in total. The van der Waals surface area contributed by atoms with Crippen LogP contribution in [0.2, 0.25) is 0 Å². The van der Waals surface area contributed by atoms with Crippen molar-refractivity contribution in [2.45, 2.75) is 16.7 Å². The van der Waals surface area contributed by atoms with E-state index in [1.807, 2.05) is 6.92 Å². The molecule has 2 rings (SSSR count). The normalized spacial score (nSPS) is 12.2. The SMILES string of the molecule is Cc1ccc(S(=O)(=O)OCS(=O)(=O)c2ccccc2)cc1. The fraction of sp³-hybridized carbons (Fsp3) is 0.143. The summed E-state index contributed by atoms with van der Waals surface area (Å²) in [6.07, 6.45) is 0. The van der Waals surface area contributed by atoms with E-state index >= 15 is 0 Å². The van der Waals surface area contributed by atoms with Crippen LogP contribution in [-0.2, 0) is 24.1 Å². The smallest absolute Gasteiger partial charge is 0.250 e. The van der Waals surface area contributed by atoms with Crippen molar-refractivity contribution in [1.29, 1.82) is 0 Å². The summed E-state index contributed by atoms with van der Waals surface area (Å²) in [5.41, 5.74) is 0.894. The molecule has 0 unspecified atom stereocenters. The first-order chi connectivity index (χ1) is 9.81. The molecule has 0 radical (unpaired) electrons. The lowest BCUT2D eigenvalue weighted by atomic mass is 10.2. The van der Waals surface area contributed by atoms with Crippen molar-refractivity contribution < 1.29 is 21.0 Å². The second-order valence-electron chi connectivity index (χ2n) is 4.43. The highest BCUT2D eigenvalue weighted by molar-refractivity contribution is 7.92. The molecule has 0 amide bonds. The van der Waals surface area contributed by atoms with Crippen LogP contribution in [0.5, 0.6) is 0 Å². The van der Waals surface area contributed by atoms with Crippen LogP contribution < -0.4 is 0 Å². The average Bonchev–Trinajstić information content (AvgIpc) is 2.47. The van der Waals surface area contributed by atoms with Gasteiger partial charge in [-0.15, -0.1) is 0 Å². The van der Waals surface area contributed by atoms with Crippen molar-refractivity contribution in [2.24, 2.45) is 0 Å². The zero-order chi connectivity index (χ0) is 15.5. The van der Waals surface area contributed by atoms with Gasteiger partial charge in [0.15, 0.2) is 5.94 Å². The van der Waals surface area contributed by atoms with Gasteiger partial charge >= 0.3 is 0 Å². The van der Waals surface area contributed by atoms with Gasteiger partial charge in [-0.05, 0) is 31.2 Å². The Balaban J connectivity index is 2.17. The van der Waals surface area contributed by atoms with E-state index in [4.69, 9.17) is 0 Å². The minimum absolute atomic E-state index is 0.0177. The third-order valence-electron chi connectivity index (χ3n) is 2.77. The largest absolute Gasteiger partial charge is 0.297 e. The number of hydrogen-bond donors (Lipinski definition) is 0. The number of sulfone groups is 1. The molecule has 21 heavy (non-hydrogen) atoms. The minimum Gasteiger partial charge on any atom is -0.250 e. The minimum atomic E-state index is -4.10. The molecule has 112 valence electrons. The number of rotatable bonds is 5. The Labute approximate surface area is 124 Å². The zero-order valence-corrected chi connectivity index (χ0v) is 12.9. The predicted octanol–water partition coefficient (Wildman–Crippen LogP) is 2.13. The van der Waals surface area contributed by atoms with Crippen LogP contribution in [0.25, 0.3) is 0 Å². The summed E-state index contributed by atoms with van der Waals surface area (Å²) in [4.78, 5) is -0.0551.